The molecular weight excluding hydrogens is 476 g/mol. The zero-order valence-electron chi connectivity index (χ0n) is 21.5. The van der Waals surface area contributed by atoms with Crippen molar-refractivity contribution in [3.63, 3.8) is 0 Å². The van der Waals surface area contributed by atoms with Gasteiger partial charge in [-0.1, -0.05) is 13.8 Å². The molecule has 1 aromatic rings. The molecule has 0 spiro atoms. The van der Waals surface area contributed by atoms with E-state index in [0.717, 1.165) is 0 Å². The highest BCUT2D eigenvalue weighted by Gasteiger charge is 2.50. The predicted molar refractivity (Wildman–Crippen MR) is 124 cm³/mol. The van der Waals surface area contributed by atoms with Crippen LogP contribution in [0.3, 0.4) is 0 Å². The number of carbonyl (C=O) groups excluding carboxylic acids is 3. The lowest BCUT2D eigenvalue weighted by molar-refractivity contribution is -0.135. The summed E-state index contributed by atoms with van der Waals surface area (Å²) in [5.74, 6) is -0.293. The molecule has 0 saturated carbocycles. The number of epoxide rings is 2. The van der Waals surface area contributed by atoms with Crippen molar-refractivity contribution in [1.29, 1.82) is 0 Å². The summed E-state index contributed by atoms with van der Waals surface area (Å²) in [7, 11) is 4.34. The monoisotopic (exact) mass is 512 g/mol. The Balaban J connectivity index is 1.61. The summed E-state index contributed by atoms with van der Waals surface area (Å²) in [4.78, 5) is 39.0. The van der Waals surface area contributed by atoms with Crippen molar-refractivity contribution in [2.75, 3.05) is 41.2 Å². The molecule has 202 valence electrons. The van der Waals surface area contributed by atoms with E-state index in [1.807, 2.05) is 13.8 Å². The Kier molecular flexibility index (Phi) is 9.41. The van der Waals surface area contributed by atoms with Crippen molar-refractivity contribution in [3.05, 3.63) is 11.8 Å². The zero-order valence-corrected chi connectivity index (χ0v) is 21.5. The molecule has 0 bridgehead atoms. The Labute approximate surface area is 209 Å². The fourth-order valence-electron chi connectivity index (χ4n) is 3.74. The van der Waals surface area contributed by atoms with Gasteiger partial charge in [-0.2, -0.15) is 0 Å². The molecule has 0 aliphatic carbocycles. The SMILES string of the molecule is COCC(NC1OC1c1cc(OC)no1)C(=O)N[C@@H](COC)C(=O)NC(CC(C)C)C(=O)C1(C)CO1. The molecule has 3 rings (SSSR count). The summed E-state index contributed by atoms with van der Waals surface area (Å²) in [6.45, 7) is 5.87. The molecule has 2 fully saturated rings. The fourth-order valence-corrected chi connectivity index (χ4v) is 3.74. The molecule has 2 aliphatic heterocycles. The van der Waals surface area contributed by atoms with E-state index in [-0.39, 0.29) is 24.9 Å². The van der Waals surface area contributed by atoms with Crippen LogP contribution < -0.4 is 20.7 Å². The molecule has 13 heteroatoms. The van der Waals surface area contributed by atoms with Crippen LogP contribution in [0.15, 0.2) is 10.6 Å². The summed E-state index contributed by atoms with van der Waals surface area (Å²) in [6.07, 6.45) is -0.520. The van der Waals surface area contributed by atoms with Gasteiger partial charge in [-0.3, -0.25) is 19.7 Å². The minimum absolute atomic E-state index is 0.0175. The Morgan fingerprint density at radius 1 is 1.08 bits per heavy atom. The number of aromatic nitrogens is 1. The van der Waals surface area contributed by atoms with Gasteiger partial charge >= 0.3 is 0 Å². The van der Waals surface area contributed by atoms with Gasteiger partial charge in [0.15, 0.2) is 17.6 Å². The van der Waals surface area contributed by atoms with E-state index >= 15 is 0 Å². The van der Waals surface area contributed by atoms with Crippen LogP contribution in [0.25, 0.3) is 0 Å². The predicted octanol–water partition coefficient (Wildman–Crippen LogP) is -0.295. The molecule has 6 atom stereocenters. The molecule has 0 radical (unpaired) electrons. The second-order valence-electron chi connectivity index (χ2n) is 9.51. The second-order valence-corrected chi connectivity index (χ2v) is 9.51. The highest BCUT2D eigenvalue weighted by atomic mass is 16.6. The van der Waals surface area contributed by atoms with Crippen molar-refractivity contribution in [2.45, 2.75) is 63.3 Å². The molecule has 2 aliphatic rings. The van der Waals surface area contributed by atoms with Gasteiger partial charge in [0, 0.05) is 20.3 Å². The van der Waals surface area contributed by atoms with Crippen molar-refractivity contribution in [3.8, 4) is 5.88 Å². The number of methoxy groups -OCH3 is 3. The minimum Gasteiger partial charge on any atom is -0.479 e. The molecule has 1 aromatic heterocycles. The zero-order chi connectivity index (χ0) is 26.5. The van der Waals surface area contributed by atoms with Gasteiger partial charge in [-0.15, -0.1) is 0 Å². The van der Waals surface area contributed by atoms with E-state index in [4.69, 9.17) is 28.2 Å². The quantitative estimate of drug-likeness (QED) is 0.249. The molecule has 3 heterocycles. The summed E-state index contributed by atoms with van der Waals surface area (Å²) >= 11 is 0. The van der Waals surface area contributed by atoms with Crippen molar-refractivity contribution in [1.82, 2.24) is 21.1 Å². The van der Waals surface area contributed by atoms with E-state index < -0.39 is 47.9 Å². The number of rotatable bonds is 16. The lowest BCUT2D eigenvalue weighted by Crippen LogP contribution is -2.58. The Hall–Kier alpha value is -2.58. The maximum Gasteiger partial charge on any atom is 0.254 e. The van der Waals surface area contributed by atoms with Crippen molar-refractivity contribution >= 4 is 17.6 Å². The summed E-state index contributed by atoms with van der Waals surface area (Å²) in [5, 5.41) is 12.2. The number of amides is 2. The molecular formula is C23H36N4O9. The number of Topliss-reactive ketones (excluding diaryl/α,β-unsaturated/α-hetero) is 1. The van der Waals surface area contributed by atoms with Crippen LogP contribution in [-0.4, -0.2) is 93.9 Å². The first-order valence-electron chi connectivity index (χ1n) is 11.8. The first-order chi connectivity index (χ1) is 17.1. The Morgan fingerprint density at radius 3 is 2.25 bits per heavy atom. The lowest BCUT2D eigenvalue weighted by Gasteiger charge is -2.26. The van der Waals surface area contributed by atoms with E-state index in [1.54, 1.807) is 13.0 Å². The first-order valence-corrected chi connectivity index (χ1v) is 11.8. The average molecular weight is 513 g/mol. The second kappa shape index (κ2) is 12.1. The number of ether oxygens (including phenoxy) is 5. The fraction of sp³-hybridized carbons (Fsp3) is 0.739. The standard InChI is InChI=1S/C23H36N4O9/c1-12(2)7-13(19(28)23(3)11-34-23)24-20(29)14(9-31-4)25-21(30)15(10-32-5)26-22-18(35-22)16-8-17(33-6)27-36-16/h8,12-15,18,22,26H,7,9-11H2,1-6H3,(H,24,29)(H,25,30)/t13?,14-,15?,18?,22?,23?/m0/s1. The normalized spacial score (nSPS) is 25.1. The van der Waals surface area contributed by atoms with Crippen LogP contribution in [0.4, 0.5) is 0 Å². The van der Waals surface area contributed by atoms with Crippen LogP contribution in [0, 0.1) is 5.92 Å². The third kappa shape index (κ3) is 7.23. The highest BCUT2D eigenvalue weighted by Crippen LogP contribution is 2.38. The smallest absolute Gasteiger partial charge is 0.254 e. The van der Waals surface area contributed by atoms with Gasteiger partial charge in [0.2, 0.25) is 11.8 Å². The summed E-state index contributed by atoms with van der Waals surface area (Å²) < 4.78 is 31.3. The van der Waals surface area contributed by atoms with Gasteiger partial charge in [0.1, 0.15) is 23.9 Å². The maximum absolute atomic E-state index is 13.1. The van der Waals surface area contributed by atoms with Crippen LogP contribution in [0.1, 0.15) is 39.1 Å². The van der Waals surface area contributed by atoms with E-state index in [1.165, 1.54) is 21.3 Å². The van der Waals surface area contributed by atoms with Gasteiger partial charge in [-0.25, -0.2) is 0 Å². The van der Waals surface area contributed by atoms with Crippen LogP contribution in [-0.2, 0) is 33.3 Å². The van der Waals surface area contributed by atoms with E-state index in [2.05, 4.69) is 21.1 Å². The molecule has 36 heavy (non-hydrogen) atoms. The van der Waals surface area contributed by atoms with Crippen LogP contribution >= 0.6 is 0 Å². The average Bonchev–Trinajstić information content (AvgIpc) is 3.73. The first kappa shape index (κ1) is 28.0. The molecule has 5 unspecified atom stereocenters. The Morgan fingerprint density at radius 2 is 1.69 bits per heavy atom. The largest absolute Gasteiger partial charge is 0.479 e. The summed E-state index contributed by atoms with van der Waals surface area (Å²) in [5.41, 5.74) is -0.880. The third-order valence-corrected chi connectivity index (χ3v) is 5.91. The maximum atomic E-state index is 13.1. The minimum atomic E-state index is -1.03. The molecule has 2 saturated heterocycles. The molecule has 0 aromatic carbocycles. The number of hydrogen-bond acceptors (Lipinski definition) is 11. The Bertz CT molecular complexity index is 917. The number of carbonyl (C=O) groups is 3. The number of nitrogens with zero attached hydrogens (tertiary/aromatic N) is 1. The van der Waals surface area contributed by atoms with Crippen LogP contribution in [0.5, 0.6) is 5.88 Å². The lowest BCUT2D eigenvalue weighted by atomic mass is 9.93. The van der Waals surface area contributed by atoms with Crippen molar-refractivity contribution in [2.24, 2.45) is 5.92 Å². The number of hydrogen-bond donors (Lipinski definition) is 3. The number of nitrogens with one attached hydrogen (secondary N) is 3. The van der Waals surface area contributed by atoms with Gasteiger partial charge in [0.25, 0.3) is 5.88 Å². The molecule has 3 N–H and O–H groups in total. The van der Waals surface area contributed by atoms with Gasteiger partial charge in [-0.05, 0) is 24.4 Å². The van der Waals surface area contributed by atoms with Gasteiger partial charge in [0.05, 0.1) is 33.0 Å². The van der Waals surface area contributed by atoms with E-state index in [9.17, 15) is 14.4 Å². The highest BCUT2D eigenvalue weighted by molar-refractivity contribution is 5.98. The van der Waals surface area contributed by atoms with Crippen LogP contribution in [0.2, 0.25) is 0 Å². The summed E-state index contributed by atoms with van der Waals surface area (Å²) in [6, 6.07) is -1.02. The third-order valence-electron chi connectivity index (χ3n) is 5.91. The number of ketones is 1. The van der Waals surface area contributed by atoms with E-state index in [0.29, 0.717) is 24.7 Å². The molecule has 2 amide bonds. The topological polar surface area (TPSA) is 166 Å². The molecule has 13 nitrogen and oxygen atoms in total. The van der Waals surface area contributed by atoms with Crippen molar-refractivity contribution < 1.29 is 42.6 Å². The van der Waals surface area contributed by atoms with Gasteiger partial charge < -0.3 is 38.8 Å².